The molecule has 1 saturated heterocycles. The van der Waals surface area contributed by atoms with E-state index in [9.17, 15) is 0 Å². The molecule has 0 spiro atoms. The summed E-state index contributed by atoms with van der Waals surface area (Å²) < 4.78 is 0. The number of rotatable bonds is 4. The number of benzene rings is 1. The molecule has 1 N–H and O–H groups in total. The molecular formula is C17H28N2. The average Bonchev–Trinajstić information content (AvgIpc) is 2.39. The topological polar surface area (TPSA) is 15.3 Å². The zero-order valence-electron chi connectivity index (χ0n) is 12.8. The van der Waals surface area contributed by atoms with Crippen molar-refractivity contribution in [1.29, 1.82) is 0 Å². The molecular weight excluding hydrogens is 232 g/mol. The Hall–Kier alpha value is -0.860. The number of piperazine rings is 1. The molecule has 19 heavy (non-hydrogen) atoms. The fourth-order valence-corrected chi connectivity index (χ4v) is 2.77. The Morgan fingerprint density at radius 1 is 1.21 bits per heavy atom. The first-order valence-corrected chi connectivity index (χ1v) is 7.60. The number of hydrogen-bond acceptors (Lipinski definition) is 2. The van der Waals surface area contributed by atoms with Crippen LogP contribution in [-0.4, -0.2) is 30.6 Å². The second kappa shape index (κ2) is 6.53. The average molecular weight is 260 g/mol. The predicted octanol–water partition coefficient (Wildman–Crippen LogP) is 3.31. The van der Waals surface area contributed by atoms with E-state index in [0.29, 0.717) is 12.1 Å². The van der Waals surface area contributed by atoms with E-state index in [2.05, 4.69) is 68.2 Å². The van der Waals surface area contributed by atoms with Crippen LogP contribution in [0.4, 0.5) is 0 Å². The summed E-state index contributed by atoms with van der Waals surface area (Å²) in [6.45, 7) is 12.7. The lowest BCUT2D eigenvalue weighted by atomic mass is 9.94. The fraction of sp³-hybridized carbons (Fsp3) is 0.647. The zero-order chi connectivity index (χ0) is 13.8. The van der Waals surface area contributed by atoms with Gasteiger partial charge in [0, 0.05) is 31.7 Å². The predicted molar refractivity (Wildman–Crippen MR) is 82.2 cm³/mol. The summed E-state index contributed by atoms with van der Waals surface area (Å²) in [5.41, 5.74) is 1.44. The van der Waals surface area contributed by atoms with Crippen LogP contribution in [0.3, 0.4) is 0 Å². The number of nitrogens with one attached hydrogen (secondary N) is 1. The van der Waals surface area contributed by atoms with Gasteiger partial charge in [-0.3, -0.25) is 4.90 Å². The maximum atomic E-state index is 3.62. The van der Waals surface area contributed by atoms with E-state index in [4.69, 9.17) is 0 Å². The van der Waals surface area contributed by atoms with Crippen LogP contribution in [-0.2, 0) is 0 Å². The minimum absolute atomic E-state index is 0.526. The molecule has 0 aliphatic carbocycles. The SMILES string of the molecule is CC1CN(CC(C)C(C)C)C(c2ccccc2)CN1. The highest BCUT2D eigenvalue weighted by molar-refractivity contribution is 5.20. The van der Waals surface area contributed by atoms with Crippen molar-refractivity contribution < 1.29 is 0 Å². The van der Waals surface area contributed by atoms with E-state index in [1.54, 1.807) is 0 Å². The lowest BCUT2D eigenvalue weighted by Gasteiger charge is -2.41. The van der Waals surface area contributed by atoms with Gasteiger partial charge in [-0.2, -0.15) is 0 Å². The van der Waals surface area contributed by atoms with Crippen molar-refractivity contribution in [2.45, 2.75) is 39.8 Å². The third kappa shape index (κ3) is 3.80. The molecule has 1 aliphatic heterocycles. The summed E-state index contributed by atoms with van der Waals surface area (Å²) in [6.07, 6.45) is 0. The Labute approximate surface area is 118 Å². The van der Waals surface area contributed by atoms with E-state index >= 15 is 0 Å². The lowest BCUT2D eigenvalue weighted by molar-refractivity contribution is 0.107. The van der Waals surface area contributed by atoms with Crippen LogP contribution >= 0.6 is 0 Å². The van der Waals surface area contributed by atoms with Gasteiger partial charge in [0.15, 0.2) is 0 Å². The summed E-state index contributed by atoms with van der Waals surface area (Å²) in [4.78, 5) is 2.67. The highest BCUT2D eigenvalue weighted by atomic mass is 15.2. The molecule has 2 heteroatoms. The molecule has 1 aromatic rings. The molecule has 0 saturated carbocycles. The molecule has 1 heterocycles. The Kier molecular flexibility index (Phi) is 5.00. The van der Waals surface area contributed by atoms with Gasteiger partial charge in [0.05, 0.1) is 0 Å². The number of hydrogen-bond donors (Lipinski definition) is 1. The molecule has 3 unspecified atom stereocenters. The first-order valence-electron chi connectivity index (χ1n) is 7.60. The highest BCUT2D eigenvalue weighted by Crippen LogP contribution is 2.25. The van der Waals surface area contributed by atoms with E-state index in [-0.39, 0.29) is 0 Å². The fourth-order valence-electron chi connectivity index (χ4n) is 2.77. The van der Waals surface area contributed by atoms with E-state index in [1.807, 2.05) is 0 Å². The second-order valence-corrected chi connectivity index (χ2v) is 6.41. The summed E-state index contributed by atoms with van der Waals surface area (Å²) in [5.74, 6) is 1.50. The maximum Gasteiger partial charge on any atom is 0.0473 e. The molecule has 0 bridgehead atoms. The standard InChI is InChI=1S/C17H28N2/c1-13(2)14(3)11-19-12-15(4)18-10-17(19)16-8-6-5-7-9-16/h5-9,13-15,17-18H,10-12H2,1-4H3. The van der Waals surface area contributed by atoms with Crippen LogP contribution in [0, 0.1) is 11.8 Å². The van der Waals surface area contributed by atoms with Gasteiger partial charge in [-0.15, -0.1) is 0 Å². The quantitative estimate of drug-likeness (QED) is 0.893. The van der Waals surface area contributed by atoms with Gasteiger partial charge in [0.2, 0.25) is 0 Å². The van der Waals surface area contributed by atoms with Gasteiger partial charge in [-0.25, -0.2) is 0 Å². The molecule has 0 aromatic heterocycles. The molecule has 0 amide bonds. The maximum absolute atomic E-state index is 3.62. The first kappa shape index (κ1) is 14.5. The molecule has 2 rings (SSSR count). The van der Waals surface area contributed by atoms with Gasteiger partial charge in [-0.05, 0) is 24.3 Å². The van der Waals surface area contributed by atoms with Crippen LogP contribution in [0.25, 0.3) is 0 Å². The Morgan fingerprint density at radius 3 is 2.53 bits per heavy atom. The zero-order valence-corrected chi connectivity index (χ0v) is 12.8. The Morgan fingerprint density at radius 2 is 1.89 bits per heavy atom. The second-order valence-electron chi connectivity index (χ2n) is 6.41. The smallest absolute Gasteiger partial charge is 0.0473 e. The van der Waals surface area contributed by atoms with Crippen molar-refractivity contribution >= 4 is 0 Å². The number of nitrogens with zero attached hydrogens (tertiary/aromatic N) is 1. The highest BCUT2D eigenvalue weighted by Gasteiger charge is 2.28. The van der Waals surface area contributed by atoms with Gasteiger partial charge >= 0.3 is 0 Å². The van der Waals surface area contributed by atoms with Crippen LogP contribution in [0.1, 0.15) is 39.3 Å². The summed E-state index contributed by atoms with van der Waals surface area (Å²) >= 11 is 0. The molecule has 1 aliphatic rings. The normalized spacial score (nSPS) is 26.6. The van der Waals surface area contributed by atoms with Gasteiger partial charge in [0.25, 0.3) is 0 Å². The summed E-state index contributed by atoms with van der Waals surface area (Å²) in [6, 6.07) is 12.0. The van der Waals surface area contributed by atoms with Crippen molar-refractivity contribution in [3.63, 3.8) is 0 Å². The van der Waals surface area contributed by atoms with Crippen molar-refractivity contribution in [2.75, 3.05) is 19.6 Å². The molecule has 0 radical (unpaired) electrons. The third-order valence-corrected chi connectivity index (χ3v) is 4.45. The minimum Gasteiger partial charge on any atom is -0.311 e. The van der Waals surface area contributed by atoms with E-state index in [0.717, 1.165) is 24.9 Å². The first-order chi connectivity index (χ1) is 9.08. The van der Waals surface area contributed by atoms with Crippen LogP contribution in [0.5, 0.6) is 0 Å². The third-order valence-electron chi connectivity index (χ3n) is 4.45. The summed E-state index contributed by atoms with van der Waals surface area (Å²) in [7, 11) is 0. The van der Waals surface area contributed by atoms with Crippen molar-refractivity contribution in [3.8, 4) is 0 Å². The molecule has 106 valence electrons. The van der Waals surface area contributed by atoms with Crippen LogP contribution in [0.15, 0.2) is 30.3 Å². The van der Waals surface area contributed by atoms with Crippen LogP contribution < -0.4 is 5.32 Å². The van der Waals surface area contributed by atoms with Crippen LogP contribution in [0.2, 0.25) is 0 Å². The van der Waals surface area contributed by atoms with Crippen molar-refractivity contribution in [3.05, 3.63) is 35.9 Å². The van der Waals surface area contributed by atoms with Gasteiger partial charge in [-0.1, -0.05) is 51.1 Å². The summed E-state index contributed by atoms with van der Waals surface area (Å²) in [5, 5.41) is 3.62. The Bertz CT molecular complexity index is 374. The molecule has 1 aromatic carbocycles. The van der Waals surface area contributed by atoms with E-state index < -0.39 is 0 Å². The molecule has 2 nitrogen and oxygen atoms in total. The van der Waals surface area contributed by atoms with Crippen molar-refractivity contribution in [2.24, 2.45) is 11.8 Å². The lowest BCUT2D eigenvalue weighted by Crippen LogP contribution is -2.52. The monoisotopic (exact) mass is 260 g/mol. The van der Waals surface area contributed by atoms with Crippen molar-refractivity contribution in [1.82, 2.24) is 10.2 Å². The molecule has 3 atom stereocenters. The van der Waals surface area contributed by atoms with E-state index in [1.165, 1.54) is 12.1 Å². The Balaban J connectivity index is 2.11. The van der Waals surface area contributed by atoms with Gasteiger partial charge in [0.1, 0.15) is 0 Å². The van der Waals surface area contributed by atoms with Gasteiger partial charge < -0.3 is 5.32 Å². The minimum atomic E-state index is 0.526. The molecule has 1 fully saturated rings. The largest absolute Gasteiger partial charge is 0.311 e.